The van der Waals surface area contributed by atoms with Crippen LogP contribution in [0.2, 0.25) is 20.1 Å². The quantitative estimate of drug-likeness (QED) is 0.514. The second-order valence-electron chi connectivity index (χ2n) is 4.47. The van der Waals surface area contributed by atoms with Crippen LogP contribution in [0.15, 0.2) is 36.4 Å². The Labute approximate surface area is 150 Å². The van der Waals surface area contributed by atoms with Crippen molar-refractivity contribution in [3.05, 3.63) is 61.4 Å². The zero-order valence-electron chi connectivity index (χ0n) is 10.8. The second kappa shape index (κ2) is 6.26. The molecule has 7 heteroatoms. The van der Waals surface area contributed by atoms with Gasteiger partial charge in [-0.15, -0.1) is 11.3 Å². The van der Waals surface area contributed by atoms with Crippen LogP contribution in [0, 0.1) is 0 Å². The minimum atomic E-state index is -0.305. The molecule has 0 spiro atoms. The number of benzene rings is 2. The van der Waals surface area contributed by atoms with Gasteiger partial charge in [-0.05, 0) is 30.3 Å². The van der Waals surface area contributed by atoms with E-state index in [2.05, 4.69) is 5.32 Å². The molecule has 0 aliphatic carbocycles. The largest absolute Gasteiger partial charge is 0.321 e. The van der Waals surface area contributed by atoms with Gasteiger partial charge in [0.25, 0.3) is 5.91 Å². The van der Waals surface area contributed by atoms with E-state index < -0.39 is 0 Å². The van der Waals surface area contributed by atoms with Gasteiger partial charge in [0.1, 0.15) is 4.88 Å². The van der Waals surface area contributed by atoms with E-state index in [1.54, 1.807) is 36.4 Å². The first-order chi connectivity index (χ1) is 10.5. The van der Waals surface area contributed by atoms with Crippen LogP contribution in [0.4, 0.5) is 5.69 Å². The van der Waals surface area contributed by atoms with Gasteiger partial charge in [0, 0.05) is 20.8 Å². The highest BCUT2D eigenvalue weighted by Gasteiger charge is 2.17. The Morgan fingerprint density at radius 3 is 2.45 bits per heavy atom. The fraction of sp³-hybridized carbons (Fsp3) is 0. The zero-order chi connectivity index (χ0) is 15.9. The van der Waals surface area contributed by atoms with E-state index in [9.17, 15) is 4.79 Å². The number of hydrogen-bond donors (Lipinski definition) is 1. The molecule has 2 aromatic carbocycles. The molecule has 2 nitrogen and oxygen atoms in total. The molecule has 0 bridgehead atoms. The van der Waals surface area contributed by atoms with E-state index >= 15 is 0 Å². The van der Waals surface area contributed by atoms with E-state index in [0.717, 1.165) is 10.1 Å². The molecule has 1 heterocycles. The van der Waals surface area contributed by atoms with Gasteiger partial charge in [-0.25, -0.2) is 0 Å². The molecule has 112 valence electrons. The summed E-state index contributed by atoms with van der Waals surface area (Å²) in [6.45, 7) is 0. The van der Waals surface area contributed by atoms with Crippen molar-refractivity contribution < 1.29 is 4.79 Å². The second-order valence-corrected chi connectivity index (χ2v) is 7.15. The molecule has 0 aliphatic heterocycles. The first kappa shape index (κ1) is 15.9. The predicted octanol–water partition coefficient (Wildman–Crippen LogP) is 6.77. The van der Waals surface area contributed by atoms with Crippen LogP contribution < -0.4 is 5.32 Å². The number of fused-ring (bicyclic) bond motifs is 1. The number of anilines is 1. The maximum absolute atomic E-state index is 12.4. The van der Waals surface area contributed by atoms with Gasteiger partial charge < -0.3 is 5.32 Å². The van der Waals surface area contributed by atoms with Gasteiger partial charge >= 0.3 is 0 Å². The van der Waals surface area contributed by atoms with Crippen LogP contribution in [0.25, 0.3) is 10.1 Å². The van der Waals surface area contributed by atoms with E-state index in [1.807, 2.05) is 0 Å². The normalized spacial score (nSPS) is 10.9. The summed E-state index contributed by atoms with van der Waals surface area (Å²) in [6, 6.07) is 10.2. The number of halogens is 4. The molecule has 1 aromatic heterocycles. The Kier molecular flexibility index (Phi) is 4.53. The smallest absolute Gasteiger partial charge is 0.267 e. The number of thiophene rings is 1. The van der Waals surface area contributed by atoms with E-state index in [1.165, 1.54) is 11.3 Å². The fourth-order valence-corrected chi connectivity index (χ4v) is 3.93. The summed E-state index contributed by atoms with van der Waals surface area (Å²) >= 11 is 25.3. The van der Waals surface area contributed by atoms with Gasteiger partial charge in [-0.3, -0.25) is 4.79 Å². The Hall–Kier alpha value is -0.970. The third kappa shape index (κ3) is 3.05. The van der Waals surface area contributed by atoms with Crippen molar-refractivity contribution in [2.45, 2.75) is 0 Å². The van der Waals surface area contributed by atoms with Crippen LogP contribution >= 0.6 is 57.7 Å². The molecule has 3 rings (SSSR count). The Morgan fingerprint density at radius 1 is 0.955 bits per heavy atom. The van der Waals surface area contributed by atoms with Crippen LogP contribution in [-0.2, 0) is 0 Å². The molecule has 3 aromatic rings. The summed E-state index contributed by atoms with van der Waals surface area (Å²) in [6.07, 6.45) is 0. The van der Waals surface area contributed by atoms with Crippen molar-refractivity contribution in [2.75, 3.05) is 5.32 Å². The fourth-order valence-electron chi connectivity index (χ4n) is 1.95. The van der Waals surface area contributed by atoms with Crippen molar-refractivity contribution >= 4 is 79.4 Å². The maximum Gasteiger partial charge on any atom is 0.267 e. The minimum Gasteiger partial charge on any atom is -0.321 e. The number of amides is 1. The summed E-state index contributed by atoms with van der Waals surface area (Å²) in [5.41, 5.74) is 0.547. The van der Waals surface area contributed by atoms with Crippen LogP contribution in [-0.4, -0.2) is 5.91 Å². The number of carbonyl (C=O) groups is 1. The van der Waals surface area contributed by atoms with Gasteiger partial charge in [0.15, 0.2) is 0 Å². The Morgan fingerprint density at radius 2 is 1.73 bits per heavy atom. The van der Waals surface area contributed by atoms with Gasteiger partial charge in [0.2, 0.25) is 0 Å². The summed E-state index contributed by atoms with van der Waals surface area (Å²) in [5, 5.41) is 5.36. The van der Waals surface area contributed by atoms with Crippen molar-refractivity contribution in [1.82, 2.24) is 0 Å². The number of rotatable bonds is 2. The lowest BCUT2D eigenvalue weighted by Gasteiger charge is -2.05. The molecule has 0 aliphatic rings. The zero-order valence-corrected chi connectivity index (χ0v) is 14.6. The summed E-state index contributed by atoms with van der Waals surface area (Å²) < 4.78 is 0.858. The standard InChI is InChI=1S/C15H7Cl4NOS/c16-7-1-3-9-12(5-7)22-14(13(9)19)15(21)20-8-2-4-10(17)11(18)6-8/h1-6H,(H,20,21). The summed E-state index contributed by atoms with van der Waals surface area (Å²) in [5.74, 6) is -0.305. The highest BCUT2D eigenvalue weighted by molar-refractivity contribution is 7.21. The molecule has 0 radical (unpaired) electrons. The summed E-state index contributed by atoms with van der Waals surface area (Å²) in [7, 11) is 0. The van der Waals surface area contributed by atoms with Crippen molar-refractivity contribution in [1.29, 1.82) is 0 Å². The molecule has 0 atom stereocenters. The number of nitrogens with one attached hydrogen (secondary N) is 1. The third-order valence-corrected chi connectivity index (χ3v) is 5.61. The van der Waals surface area contributed by atoms with E-state index in [4.69, 9.17) is 46.4 Å². The molecule has 1 amide bonds. The van der Waals surface area contributed by atoms with Crippen LogP contribution in [0.5, 0.6) is 0 Å². The molecule has 0 saturated carbocycles. The lowest BCUT2D eigenvalue weighted by atomic mass is 10.2. The Bertz CT molecular complexity index is 891. The van der Waals surface area contributed by atoms with Crippen LogP contribution in [0.3, 0.4) is 0 Å². The van der Waals surface area contributed by atoms with Crippen molar-refractivity contribution in [2.24, 2.45) is 0 Å². The number of carbonyl (C=O) groups excluding carboxylic acids is 1. The first-order valence-electron chi connectivity index (χ1n) is 6.09. The average Bonchev–Trinajstić information content (AvgIpc) is 2.79. The molecule has 0 fully saturated rings. The SMILES string of the molecule is O=C(Nc1ccc(Cl)c(Cl)c1)c1sc2cc(Cl)ccc2c1Cl. The third-order valence-electron chi connectivity index (χ3n) is 2.98. The van der Waals surface area contributed by atoms with E-state index in [-0.39, 0.29) is 5.91 Å². The Balaban J connectivity index is 1.94. The monoisotopic (exact) mass is 389 g/mol. The molecule has 22 heavy (non-hydrogen) atoms. The highest BCUT2D eigenvalue weighted by Crippen LogP contribution is 2.37. The average molecular weight is 391 g/mol. The van der Waals surface area contributed by atoms with Gasteiger partial charge in [-0.1, -0.05) is 52.5 Å². The van der Waals surface area contributed by atoms with Crippen molar-refractivity contribution in [3.8, 4) is 0 Å². The first-order valence-corrected chi connectivity index (χ1v) is 8.42. The molecular weight excluding hydrogens is 384 g/mol. The lowest BCUT2D eigenvalue weighted by Crippen LogP contribution is -2.10. The molecule has 0 unspecified atom stereocenters. The molecule has 0 saturated heterocycles. The lowest BCUT2D eigenvalue weighted by molar-refractivity contribution is 0.103. The molecular formula is C15H7Cl4NOS. The summed E-state index contributed by atoms with van der Waals surface area (Å²) in [4.78, 5) is 12.8. The van der Waals surface area contributed by atoms with Crippen LogP contribution in [0.1, 0.15) is 9.67 Å². The minimum absolute atomic E-state index is 0.305. The topological polar surface area (TPSA) is 29.1 Å². The highest BCUT2D eigenvalue weighted by atomic mass is 35.5. The number of hydrogen-bond acceptors (Lipinski definition) is 2. The van der Waals surface area contributed by atoms with Crippen molar-refractivity contribution in [3.63, 3.8) is 0 Å². The molecule has 1 N–H and O–H groups in total. The van der Waals surface area contributed by atoms with Gasteiger partial charge in [-0.2, -0.15) is 0 Å². The van der Waals surface area contributed by atoms with E-state index in [0.29, 0.717) is 30.7 Å². The maximum atomic E-state index is 12.4. The predicted molar refractivity (Wildman–Crippen MR) is 96.3 cm³/mol. The van der Waals surface area contributed by atoms with Gasteiger partial charge in [0.05, 0.1) is 15.1 Å².